The lowest BCUT2D eigenvalue weighted by Crippen LogP contribution is -2.20. The molecule has 0 fully saturated rings. The van der Waals surface area contributed by atoms with Crippen LogP contribution in [0.2, 0.25) is 0 Å². The van der Waals surface area contributed by atoms with E-state index in [1.165, 1.54) is 6.21 Å². The van der Waals surface area contributed by atoms with Crippen LogP contribution in [0.3, 0.4) is 0 Å². The summed E-state index contributed by atoms with van der Waals surface area (Å²) < 4.78 is 11.6. The number of benzene rings is 3. The number of hydrazone groups is 1. The van der Waals surface area contributed by atoms with Crippen molar-refractivity contribution in [3.8, 4) is 11.5 Å². The van der Waals surface area contributed by atoms with Gasteiger partial charge in [-0.05, 0) is 89.1 Å². The van der Waals surface area contributed by atoms with Crippen LogP contribution in [0.1, 0.15) is 22.8 Å². The van der Waals surface area contributed by atoms with E-state index in [2.05, 4.69) is 31.8 Å². The predicted molar refractivity (Wildman–Crippen MR) is 127 cm³/mol. The maximum absolute atomic E-state index is 12.1. The molecule has 3 aromatic rings. The predicted octanol–water partition coefficient (Wildman–Crippen LogP) is 4.63. The van der Waals surface area contributed by atoms with Gasteiger partial charge in [-0.2, -0.15) is 5.10 Å². The Labute approximate surface area is 194 Å². The van der Waals surface area contributed by atoms with Crippen LogP contribution in [0.15, 0.2) is 82.4 Å². The maximum Gasteiger partial charge on any atom is 0.272 e. The molecule has 3 rings (SSSR count). The van der Waals surface area contributed by atoms with Crippen molar-refractivity contribution in [3.63, 3.8) is 0 Å². The molecule has 0 aromatic heterocycles. The normalized spacial score (nSPS) is 10.6. The summed E-state index contributed by atoms with van der Waals surface area (Å²) in [5.41, 5.74) is 4.41. The highest BCUT2D eigenvalue weighted by molar-refractivity contribution is 9.10. The fourth-order valence-corrected chi connectivity index (χ4v) is 3.13. The molecule has 3 aromatic carbocycles. The molecule has 0 spiro atoms. The molecule has 0 bridgehead atoms. The molecule has 0 unspecified atom stereocenters. The summed E-state index contributed by atoms with van der Waals surface area (Å²) >= 11 is 3.33. The van der Waals surface area contributed by atoms with E-state index in [0.29, 0.717) is 28.1 Å². The topological polar surface area (TPSA) is 89.0 Å². The second-order valence-electron chi connectivity index (χ2n) is 6.54. The Morgan fingerprint density at radius 1 is 0.938 bits per heavy atom. The van der Waals surface area contributed by atoms with Crippen molar-refractivity contribution in [3.05, 3.63) is 88.4 Å². The van der Waals surface area contributed by atoms with Crippen molar-refractivity contribution in [2.45, 2.75) is 6.92 Å². The van der Waals surface area contributed by atoms with Crippen molar-refractivity contribution in [2.75, 3.05) is 18.5 Å². The summed E-state index contributed by atoms with van der Waals surface area (Å²) in [6.45, 7) is 2.38. The minimum Gasteiger partial charge on any atom is -0.494 e. The van der Waals surface area contributed by atoms with Crippen LogP contribution in [-0.2, 0) is 4.79 Å². The Hall–Kier alpha value is -3.65. The first kappa shape index (κ1) is 23.0. The maximum atomic E-state index is 12.1. The molecule has 0 radical (unpaired) electrons. The van der Waals surface area contributed by atoms with Crippen LogP contribution in [0.4, 0.5) is 5.69 Å². The third-order valence-electron chi connectivity index (χ3n) is 4.20. The number of rotatable bonds is 9. The van der Waals surface area contributed by atoms with E-state index < -0.39 is 0 Å². The molecule has 8 heteroatoms. The van der Waals surface area contributed by atoms with Crippen molar-refractivity contribution in [1.82, 2.24) is 5.43 Å². The largest absolute Gasteiger partial charge is 0.494 e. The molecule has 0 aliphatic heterocycles. The van der Waals surface area contributed by atoms with E-state index in [4.69, 9.17) is 9.47 Å². The molecule has 0 saturated heterocycles. The molecule has 2 amide bonds. The Kier molecular flexibility index (Phi) is 8.39. The van der Waals surface area contributed by atoms with Crippen LogP contribution in [-0.4, -0.2) is 31.2 Å². The number of anilines is 1. The average molecular weight is 496 g/mol. The highest BCUT2D eigenvalue weighted by Crippen LogP contribution is 2.17. The number of nitrogens with one attached hydrogen (secondary N) is 2. The Balaban J connectivity index is 1.45. The van der Waals surface area contributed by atoms with E-state index in [1.54, 1.807) is 66.7 Å². The SMILES string of the molecule is CCOc1ccc(NC(=O)COc2ccc(/C=N\NC(=O)c3ccccc3Br)cc2)cc1. The van der Waals surface area contributed by atoms with Gasteiger partial charge in [-0.3, -0.25) is 9.59 Å². The zero-order valence-electron chi connectivity index (χ0n) is 17.4. The van der Waals surface area contributed by atoms with Gasteiger partial charge in [-0.15, -0.1) is 0 Å². The van der Waals surface area contributed by atoms with Gasteiger partial charge in [-0.25, -0.2) is 5.43 Å². The molecule has 32 heavy (non-hydrogen) atoms. The monoisotopic (exact) mass is 495 g/mol. The van der Waals surface area contributed by atoms with Crippen molar-refractivity contribution in [2.24, 2.45) is 5.10 Å². The Morgan fingerprint density at radius 2 is 1.59 bits per heavy atom. The van der Waals surface area contributed by atoms with Gasteiger partial charge in [-0.1, -0.05) is 12.1 Å². The van der Waals surface area contributed by atoms with Crippen LogP contribution in [0.5, 0.6) is 11.5 Å². The zero-order valence-corrected chi connectivity index (χ0v) is 19.0. The van der Waals surface area contributed by atoms with E-state index in [-0.39, 0.29) is 18.4 Å². The zero-order chi connectivity index (χ0) is 22.8. The molecule has 164 valence electrons. The molecule has 0 atom stereocenters. The number of carbonyl (C=O) groups is 2. The van der Waals surface area contributed by atoms with Crippen LogP contribution in [0, 0.1) is 0 Å². The van der Waals surface area contributed by atoms with Crippen molar-refractivity contribution >= 4 is 39.6 Å². The molecular weight excluding hydrogens is 474 g/mol. The van der Waals surface area contributed by atoms with E-state index >= 15 is 0 Å². The number of hydrogen-bond acceptors (Lipinski definition) is 5. The molecule has 0 heterocycles. The lowest BCUT2D eigenvalue weighted by molar-refractivity contribution is -0.118. The average Bonchev–Trinajstić information content (AvgIpc) is 2.80. The van der Waals surface area contributed by atoms with Gasteiger partial charge in [0, 0.05) is 10.2 Å². The van der Waals surface area contributed by atoms with Crippen LogP contribution < -0.4 is 20.2 Å². The number of nitrogens with zero attached hydrogens (tertiary/aromatic N) is 1. The van der Waals surface area contributed by atoms with Crippen LogP contribution in [0.25, 0.3) is 0 Å². The van der Waals surface area contributed by atoms with Crippen molar-refractivity contribution < 1.29 is 19.1 Å². The molecule has 7 nitrogen and oxygen atoms in total. The lowest BCUT2D eigenvalue weighted by Gasteiger charge is -2.09. The first-order valence-corrected chi connectivity index (χ1v) is 10.7. The van der Waals surface area contributed by atoms with Gasteiger partial charge >= 0.3 is 0 Å². The number of carbonyl (C=O) groups excluding carboxylic acids is 2. The summed E-state index contributed by atoms with van der Waals surface area (Å²) in [4.78, 5) is 24.2. The highest BCUT2D eigenvalue weighted by atomic mass is 79.9. The van der Waals surface area contributed by atoms with Gasteiger partial charge in [0.25, 0.3) is 11.8 Å². The fourth-order valence-electron chi connectivity index (χ4n) is 2.67. The second-order valence-corrected chi connectivity index (χ2v) is 7.40. The van der Waals surface area contributed by atoms with E-state index in [0.717, 1.165) is 11.3 Å². The van der Waals surface area contributed by atoms with Gasteiger partial charge in [0.1, 0.15) is 11.5 Å². The lowest BCUT2D eigenvalue weighted by atomic mass is 10.2. The molecule has 0 saturated carbocycles. The van der Waals surface area contributed by atoms with E-state index in [1.807, 2.05) is 13.0 Å². The molecule has 0 aliphatic carbocycles. The second kappa shape index (κ2) is 11.7. The molecule has 0 aliphatic rings. The third-order valence-corrected chi connectivity index (χ3v) is 4.89. The van der Waals surface area contributed by atoms with Gasteiger partial charge in [0.2, 0.25) is 0 Å². The van der Waals surface area contributed by atoms with E-state index in [9.17, 15) is 9.59 Å². The van der Waals surface area contributed by atoms with Gasteiger partial charge in [0.05, 0.1) is 18.4 Å². The smallest absolute Gasteiger partial charge is 0.272 e. The van der Waals surface area contributed by atoms with Gasteiger partial charge in [0.15, 0.2) is 6.61 Å². The van der Waals surface area contributed by atoms with Crippen molar-refractivity contribution in [1.29, 1.82) is 0 Å². The molecule has 2 N–H and O–H groups in total. The first-order valence-electron chi connectivity index (χ1n) is 9.88. The summed E-state index contributed by atoms with van der Waals surface area (Å²) in [6, 6.07) is 21.2. The minimum absolute atomic E-state index is 0.122. The van der Waals surface area contributed by atoms with Crippen LogP contribution >= 0.6 is 15.9 Å². The number of ether oxygens (including phenoxy) is 2. The summed E-state index contributed by atoms with van der Waals surface area (Å²) in [5.74, 6) is 0.709. The standard InChI is InChI=1S/C24H22BrN3O4/c1-2-31-19-13-9-18(10-14-19)27-23(29)16-32-20-11-7-17(8-12-20)15-26-28-24(30)21-5-3-4-6-22(21)25/h3-15H,2,16H2,1H3,(H,27,29)(H,28,30)/b26-15-. The fraction of sp³-hybridized carbons (Fsp3) is 0.125. The molecular formula is C24H22BrN3O4. The highest BCUT2D eigenvalue weighted by Gasteiger charge is 2.07. The third kappa shape index (κ3) is 6.95. The first-order chi connectivity index (χ1) is 15.5. The quantitative estimate of drug-likeness (QED) is 0.334. The number of halogens is 1. The summed E-state index contributed by atoms with van der Waals surface area (Å²) in [6.07, 6.45) is 1.52. The number of amides is 2. The Bertz CT molecular complexity index is 1080. The number of hydrogen-bond donors (Lipinski definition) is 2. The summed E-state index contributed by atoms with van der Waals surface area (Å²) in [7, 11) is 0. The Morgan fingerprint density at radius 3 is 2.28 bits per heavy atom. The minimum atomic E-state index is -0.313. The summed E-state index contributed by atoms with van der Waals surface area (Å²) in [5, 5.41) is 6.73. The van der Waals surface area contributed by atoms with Gasteiger partial charge < -0.3 is 14.8 Å².